The Kier molecular flexibility index (Phi) is 4.15. The maximum Gasteiger partial charge on any atom is 0.167 e. The van der Waals surface area contributed by atoms with Gasteiger partial charge in [0, 0.05) is 5.92 Å². The molecule has 0 bridgehead atoms. The highest BCUT2D eigenvalue weighted by Crippen LogP contribution is 2.36. The lowest BCUT2D eigenvalue weighted by atomic mass is 9.80. The van der Waals surface area contributed by atoms with E-state index in [9.17, 15) is 0 Å². The predicted molar refractivity (Wildman–Crippen MR) is 68.6 cm³/mol. The molecule has 0 saturated heterocycles. The molecule has 0 aliphatic heterocycles. The van der Waals surface area contributed by atoms with Gasteiger partial charge in [0.05, 0.1) is 6.04 Å². The van der Waals surface area contributed by atoms with E-state index in [1.54, 1.807) is 0 Å². The molecule has 1 aromatic rings. The average Bonchev–Trinajstić information content (AvgIpc) is 2.80. The Balaban J connectivity index is 1.91. The number of rotatable bonds is 4. The van der Waals surface area contributed by atoms with E-state index in [-0.39, 0.29) is 6.04 Å². The van der Waals surface area contributed by atoms with Gasteiger partial charge in [-0.3, -0.25) is 5.10 Å². The van der Waals surface area contributed by atoms with Crippen LogP contribution in [-0.4, -0.2) is 15.2 Å². The fourth-order valence-corrected chi connectivity index (χ4v) is 2.81. The molecule has 4 nitrogen and oxygen atoms in total. The number of H-pyrrole nitrogens is 1. The zero-order valence-corrected chi connectivity index (χ0v) is 10.9. The summed E-state index contributed by atoms with van der Waals surface area (Å²) in [5.41, 5.74) is 5.77. The van der Waals surface area contributed by atoms with Gasteiger partial charge in [0.15, 0.2) is 5.82 Å². The molecule has 1 aliphatic rings. The van der Waals surface area contributed by atoms with Gasteiger partial charge < -0.3 is 5.73 Å². The average molecular weight is 236 g/mol. The first-order valence-corrected chi connectivity index (χ1v) is 6.88. The fraction of sp³-hybridized carbons (Fsp3) is 0.846. The lowest BCUT2D eigenvalue weighted by Crippen LogP contribution is -2.14. The number of hydrogen-bond acceptors (Lipinski definition) is 3. The van der Waals surface area contributed by atoms with Crippen LogP contribution in [0.15, 0.2) is 0 Å². The summed E-state index contributed by atoms with van der Waals surface area (Å²) in [7, 11) is 0. The van der Waals surface area contributed by atoms with Crippen molar-refractivity contribution < 1.29 is 0 Å². The van der Waals surface area contributed by atoms with Crippen LogP contribution in [0.3, 0.4) is 0 Å². The number of nitrogens with one attached hydrogen (secondary N) is 1. The number of aromatic nitrogens is 3. The van der Waals surface area contributed by atoms with Crippen molar-refractivity contribution in [2.24, 2.45) is 11.7 Å². The monoisotopic (exact) mass is 236 g/mol. The van der Waals surface area contributed by atoms with E-state index in [4.69, 9.17) is 5.73 Å². The van der Waals surface area contributed by atoms with Crippen LogP contribution in [0.2, 0.25) is 0 Å². The third-order valence-corrected chi connectivity index (χ3v) is 3.86. The van der Waals surface area contributed by atoms with Gasteiger partial charge in [-0.15, -0.1) is 0 Å². The molecule has 3 N–H and O–H groups in total. The molecule has 0 aromatic carbocycles. The van der Waals surface area contributed by atoms with Crippen LogP contribution >= 0.6 is 0 Å². The molecule has 1 aliphatic carbocycles. The fourth-order valence-electron chi connectivity index (χ4n) is 2.81. The van der Waals surface area contributed by atoms with E-state index in [0.717, 1.165) is 17.6 Å². The standard InChI is InChI=1S/C13H24N4/c1-3-4-10-5-7-11(8-6-10)13-15-12(9(2)14)16-17-13/h9-11H,3-8,14H2,1-2H3,(H,15,16,17). The highest BCUT2D eigenvalue weighted by Gasteiger charge is 2.24. The minimum absolute atomic E-state index is 0.0727. The van der Waals surface area contributed by atoms with Crippen LogP contribution in [-0.2, 0) is 0 Å². The molecular weight excluding hydrogens is 212 g/mol. The second-order valence-electron chi connectivity index (χ2n) is 5.37. The second kappa shape index (κ2) is 5.63. The van der Waals surface area contributed by atoms with E-state index in [1.165, 1.54) is 38.5 Å². The summed E-state index contributed by atoms with van der Waals surface area (Å²) in [4.78, 5) is 4.51. The molecule has 1 atom stereocenters. The Hall–Kier alpha value is -0.900. The Morgan fingerprint density at radius 3 is 2.59 bits per heavy atom. The van der Waals surface area contributed by atoms with E-state index in [2.05, 4.69) is 22.1 Å². The van der Waals surface area contributed by atoms with Crippen LogP contribution in [0.25, 0.3) is 0 Å². The molecule has 1 aromatic heterocycles. The third kappa shape index (κ3) is 3.06. The van der Waals surface area contributed by atoms with Crippen molar-refractivity contribution in [2.45, 2.75) is 64.3 Å². The van der Waals surface area contributed by atoms with Crippen molar-refractivity contribution in [1.29, 1.82) is 0 Å². The predicted octanol–water partition coefficient (Wildman–Crippen LogP) is 2.90. The first-order chi connectivity index (χ1) is 8.20. The maximum atomic E-state index is 5.77. The topological polar surface area (TPSA) is 67.6 Å². The van der Waals surface area contributed by atoms with Crippen molar-refractivity contribution >= 4 is 0 Å². The Bertz CT molecular complexity index is 337. The first-order valence-electron chi connectivity index (χ1n) is 6.88. The van der Waals surface area contributed by atoms with Gasteiger partial charge in [-0.25, -0.2) is 4.98 Å². The van der Waals surface area contributed by atoms with Gasteiger partial charge in [0.1, 0.15) is 5.82 Å². The normalized spacial score (nSPS) is 27.0. The summed E-state index contributed by atoms with van der Waals surface area (Å²) in [6.45, 7) is 4.20. The van der Waals surface area contributed by atoms with Crippen molar-refractivity contribution in [2.75, 3.05) is 0 Å². The highest BCUT2D eigenvalue weighted by atomic mass is 15.2. The summed E-state index contributed by atoms with van der Waals surface area (Å²) < 4.78 is 0. The van der Waals surface area contributed by atoms with Gasteiger partial charge in [0.2, 0.25) is 0 Å². The number of nitrogens with two attached hydrogens (primary N) is 1. The lowest BCUT2D eigenvalue weighted by molar-refractivity contribution is 0.302. The lowest BCUT2D eigenvalue weighted by Gasteiger charge is -2.26. The van der Waals surface area contributed by atoms with Gasteiger partial charge in [-0.1, -0.05) is 19.8 Å². The summed E-state index contributed by atoms with van der Waals surface area (Å²) >= 11 is 0. The number of hydrogen-bond donors (Lipinski definition) is 2. The highest BCUT2D eigenvalue weighted by molar-refractivity contribution is 5.01. The van der Waals surface area contributed by atoms with Gasteiger partial charge >= 0.3 is 0 Å². The Labute approximate surface area is 103 Å². The molecule has 0 radical (unpaired) electrons. The van der Waals surface area contributed by atoms with Crippen LogP contribution in [0.1, 0.15) is 76.0 Å². The molecule has 1 heterocycles. The molecule has 17 heavy (non-hydrogen) atoms. The zero-order chi connectivity index (χ0) is 12.3. The number of aromatic amines is 1. The quantitative estimate of drug-likeness (QED) is 0.844. The molecule has 96 valence electrons. The van der Waals surface area contributed by atoms with Crippen molar-refractivity contribution in [3.8, 4) is 0 Å². The molecule has 4 heteroatoms. The second-order valence-corrected chi connectivity index (χ2v) is 5.37. The largest absolute Gasteiger partial charge is 0.321 e. The molecule has 0 amide bonds. The van der Waals surface area contributed by atoms with Crippen LogP contribution in [0.5, 0.6) is 0 Å². The molecule has 0 spiro atoms. The summed E-state index contributed by atoms with van der Waals surface area (Å²) in [6.07, 6.45) is 7.87. The summed E-state index contributed by atoms with van der Waals surface area (Å²) in [5.74, 6) is 3.30. The summed E-state index contributed by atoms with van der Waals surface area (Å²) in [6, 6.07) is -0.0727. The molecule has 1 fully saturated rings. The molecule has 1 unspecified atom stereocenters. The van der Waals surface area contributed by atoms with Crippen molar-refractivity contribution in [3.05, 3.63) is 11.6 Å². The van der Waals surface area contributed by atoms with Gasteiger partial charge in [-0.05, 0) is 38.5 Å². The van der Waals surface area contributed by atoms with Crippen molar-refractivity contribution in [3.63, 3.8) is 0 Å². The molecular formula is C13H24N4. The summed E-state index contributed by atoms with van der Waals surface area (Å²) in [5, 5.41) is 7.25. The smallest absolute Gasteiger partial charge is 0.167 e. The number of nitrogens with zero attached hydrogens (tertiary/aromatic N) is 2. The van der Waals surface area contributed by atoms with Crippen LogP contribution in [0, 0.1) is 5.92 Å². The SMILES string of the molecule is CCCC1CCC(c2nc(C(C)N)n[nH]2)CC1. The van der Waals surface area contributed by atoms with Gasteiger partial charge in [-0.2, -0.15) is 5.10 Å². The zero-order valence-electron chi connectivity index (χ0n) is 10.9. The maximum absolute atomic E-state index is 5.77. The minimum atomic E-state index is -0.0727. The molecule has 2 rings (SSSR count). The Morgan fingerprint density at radius 1 is 1.35 bits per heavy atom. The van der Waals surface area contributed by atoms with Gasteiger partial charge in [0.25, 0.3) is 0 Å². The van der Waals surface area contributed by atoms with E-state index < -0.39 is 0 Å². The molecule has 1 saturated carbocycles. The first kappa shape index (κ1) is 12.6. The third-order valence-electron chi connectivity index (χ3n) is 3.86. The van der Waals surface area contributed by atoms with E-state index in [1.807, 2.05) is 6.92 Å². The van der Waals surface area contributed by atoms with Crippen molar-refractivity contribution in [1.82, 2.24) is 15.2 Å². The Morgan fingerprint density at radius 2 is 2.06 bits per heavy atom. The van der Waals surface area contributed by atoms with Crippen LogP contribution < -0.4 is 5.73 Å². The minimum Gasteiger partial charge on any atom is -0.321 e. The van der Waals surface area contributed by atoms with E-state index >= 15 is 0 Å². The van der Waals surface area contributed by atoms with E-state index in [0.29, 0.717) is 5.92 Å². The van der Waals surface area contributed by atoms with Crippen LogP contribution in [0.4, 0.5) is 0 Å².